The smallest absolute Gasteiger partial charge is 0.103 e. The maximum absolute atomic E-state index is 10.4. The highest BCUT2D eigenvalue weighted by Gasteiger charge is 2.75. The maximum Gasteiger partial charge on any atom is 0.103 e. The zero-order valence-corrected chi connectivity index (χ0v) is 20.5. The lowest BCUT2D eigenvalue weighted by atomic mass is 9.41. The Morgan fingerprint density at radius 1 is 0.967 bits per heavy atom. The number of ether oxygens (including phenoxy) is 1. The molecule has 2 nitrogen and oxygen atoms in total. The Bertz CT molecular complexity index is 645. The van der Waals surface area contributed by atoms with Crippen LogP contribution in [0, 0.1) is 46.3 Å². The van der Waals surface area contributed by atoms with E-state index in [1.807, 2.05) is 0 Å². The van der Waals surface area contributed by atoms with E-state index >= 15 is 0 Å². The van der Waals surface area contributed by atoms with E-state index < -0.39 is 0 Å². The van der Waals surface area contributed by atoms with Crippen molar-refractivity contribution in [2.24, 2.45) is 46.3 Å². The molecule has 1 heterocycles. The van der Waals surface area contributed by atoms with Crippen LogP contribution >= 0.6 is 0 Å². The molecule has 2 heteroatoms. The van der Waals surface area contributed by atoms with Crippen molar-refractivity contribution in [2.75, 3.05) is 0 Å². The maximum atomic E-state index is 10.4. The lowest BCUT2D eigenvalue weighted by molar-refractivity contribution is -0.145. The van der Waals surface area contributed by atoms with Gasteiger partial charge in [0, 0.05) is 11.8 Å². The van der Waals surface area contributed by atoms with Crippen molar-refractivity contribution in [3.05, 3.63) is 0 Å². The fraction of sp³-hybridized carbons (Fsp3) is 1.00. The summed E-state index contributed by atoms with van der Waals surface area (Å²) in [6.45, 7) is 12.6. The van der Waals surface area contributed by atoms with E-state index in [9.17, 15) is 5.11 Å². The zero-order chi connectivity index (χ0) is 21.3. The number of hydrogen-bond acceptors (Lipinski definition) is 2. The van der Waals surface area contributed by atoms with Crippen molar-refractivity contribution in [1.82, 2.24) is 0 Å². The Balaban J connectivity index is 1.35. The number of fused-ring (bicyclic) bond motifs is 4. The van der Waals surface area contributed by atoms with Crippen molar-refractivity contribution in [3.63, 3.8) is 0 Å². The molecule has 1 spiro atoms. The number of hydrogen-bond donors (Lipinski definition) is 1. The van der Waals surface area contributed by atoms with E-state index in [1.165, 1.54) is 64.2 Å². The Labute approximate surface area is 185 Å². The molecule has 1 N–H and O–H groups in total. The second-order valence-corrected chi connectivity index (χ2v) is 13.3. The molecule has 5 fully saturated rings. The lowest BCUT2D eigenvalue weighted by Gasteiger charge is -2.63. The monoisotopic (exact) mass is 416 g/mol. The number of aliphatic hydroxyl groups is 1. The van der Waals surface area contributed by atoms with Crippen LogP contribution in [0.4, 0.5) is 0 Å². The molecule has 1 aliphatic heterocycles. The van der Waals surface area contributed by atoms with Gasteiger partial charge in [-0.05, 0) is 85.9 Å². The highest BCUT2D eigenvalue weighted by molar-refractivity contribution is 5.23. The molecule has 5 rings (SSSR count). The van der Waals surface area contributed by atoms with Gasteiger partial charge in [-0.25, -0.2) is 0 Å². The molecule has 0 unspecified atom stereocenters. The molecule has 30 heavy (non-hydrogen) atoms. The van der Waals surface area contributed by atoms with Crippen molar-refractivity contribution >= 4 is 0 Å². The molecule has 0 aromatic heterocycles. The minimum absolute atomic E-state index is 0.0395. The average molecular weight is 417 g/mol. The Hall–Kier alpha value is -0.0800. The van der Waals surface area contributed by atoms with Crippen LogP contribution < -0.4 is 0 Å². The quantitative estimate of drug-likeness (QED) is 0.490. The van der Waals surface area contributed by atoms with Crippen molar-refractivity contribution in [3.8, 4) is 0 Å². The zero-order valence-electron chi connectivity index (χ0n) is 20.5. The van der Waals surface area contributed by atoms with E-state index in [2.05, 4.69) is 34.6 Å². The first kappa shape index (κ1) is 21.7. The predicted octanol–water partition coefficient (Wildman–Crippen LogP) is 6.99. The van der Waals surface area contributed by atoms with Crippen molar-refractivity contribution < 1.29 is 9.84 Å². The average Bonchev–Trinajstić information content (AvgIpc) is 3.38. The summed E-state index contributed by atoms with van der Waals surface area (Å²) in [5.74, 6) is 5.27. The summed E-state index contributed by atoms with van der Waals surface area (Å²) in [5, 5.41) is 10.4. The SMILES string of the molecule is CC(C)CCC[C@H](C)[C@@H]1CCC[C@@H]2[C@@H]3C[C@@H]4O[C@]45C[C@H](O)CC[C@]5(C)[C@H]3CC[C@@]21C. The molecule has 10 atom stereocenters. The number of rotatable bonds is 5. The van der Waals surface area contributed by atoms with Gasteiger partial charge in [0.25, 0.3) is 0 Å². The molecule has 0 aromatic carbocycles. The van der Waals surface area contributed by atoms with Gasteiger partial charge in [0.15, 0.2) is 0 Å². The topological polar surface area (TPSA) is 32.8 Å². The van der Waals surface area contributed by atoms with Gasteiger partial charge in [0.2, 0.25) is 0 Å². The van der Waals surface area contributed by atoms with Crippen LogP contribution in [-0.4, -0.2) is 22.9 Å². The van der Waals surface area contributed by atoms with Gasteiger partial charge in [0.1, 0.15) is 5.60 Å². The molecule has 4 aliphatic carbocycles. The van der Waals surface area contributed by atoms with E-state index in [4.69, 9.17) is 4.74 Å². The van der Waals surface area contributed by atoms with Gasteiger partial charge in [-0.2, -0.15) is 0 Å². The van der Waals surface area contributed by atoms with E-state index in [0.29, 0.717) is 16.9 Å². The summed E-state index contributed by atoms with van der Waals surface area (Å²) in [5.41, 5.74) is 0.908. The standard InChI is InChI=1S/C28H48O2/c1-18(2)8-6-9-19(3)22-10-7-11-23-21-16-25-28(30-25)17-20(29)12-15-27(28,5)24(21)13-14-26(22,23)4/h18-25,29H,6-17H2,1-5H3/t19-,20+,21-,22-,23+,24-,25-,26+,27+,28+/m0/s1. The van der Waals surface area contributed by atoms with Gasteiger partial charge in [0.05, 0.1) is 12.2 Å². The summed E-state index contributed by atoms with van der Waals surface area (Å²) in [7, 11) is 0. The Kier molecular flexibility index (Phi) is 5.42. The normalized spacial score (nSPS) is 53.3. The minimum atomic E-state index is -0.126. The third-order valence-corrected chi connectivity index (χ3v) is 11.5. The highest BCUT2D eigenvalue weighted by Crippen LogP contribution is 2.73. The minimum Gasteiger partial charge on any atom is -0.393 e. The number of aliphatic hydroxyl groups excluding tert-OH is 1. The second-order valence-electron chi connectivity index (χ2n) is 13.3. The molecule has 0 radical (unpaired) electrons. The summed E-state index contributed by atoms with van der Waals surface area (Å²) in [6, 6.07) is 0. The molecule has 4 saturated carbocycles. The van der Waals surface area contributed by atoms with Crippen LogP contribution in [0.3, 0.4) is 0 Å². The first-order valence-corrected chi connectivity index (χ1v) is 13.6. The summed E-state index contributed by atoms with van der Waals surface area (Å²) in [4.78, 5) is 0. The fourth-order valence-electron chi connectivity index (χ4n) is 9.88. The highest BCUT2D eigenvalue weighted by atomic mass is 16.6. The summed E-state index contributed by atoms with van der Waals surface area (Å²) >= 11 is 0. The van der Waals surface area contributed by atoms with Gasteiger partial charge in [-0.1, -0.05) is 60.3 Å². The largest absolute Gasteiger partial charge is 0.393 e. The van der Waals surface area contributed by atoms with Crippen molar-refractivity contribution in [2.45, 2.75) is 129 Å². The third-order valence-electron chi connectivity index (χ3n) is 11.5. The molecule has 0 bridgehead atoms. The first-order chi connectivity index (χ1) is 14.2. The van der Waals surface area contributed by atoms with Gasteiger partial charge < -0.3 is 9.84 Å². The van der Waals surface area contributed by atoms with Crippen LogP contribution in [0.25, 0.3) is 0 Å². The van der Waals surface area contributed by atoms with Crippen LogP contribution in [0.1, 0.15) is 112 Å². The van der Waals surface area contributed by atoms with Gasteiger partial charge >= 0.3 is 0 Å². The predicted molar refractivity (Wildman–Crippen MR) is 123 cm³/mol. The molecular formula is C28H48O2. The van der Waals surface area contributed by atoms with Crippen LogP contribution in [-0.2, 0) is 4.74 Å². The van der Waals surface area contributed by atoms with Gasteiger partial charge in [-0.15, -0.1) is 0 Å². The molecule has 172 valence electrons. The van der Waals surface area contributed by atoms with E-state index in [1.54, 1.807) is 0 Å². The summed E-state index contributed by atoms with van der Waals surface area (Å²) < 4.78 is 6.54. The molecule has 5 aliphatic rings. The first-order valence-electron chi connectivity index (χ1n) is 13.6. The summed E-state index contributed by atoms with van der Waals surface area (Å²) in [6.07, 6.45) is 16.2. The Morgan fingerprint density at radius 2 is 1.77 bits per heavy atom. The van der Waals surface area contributed by atoms with Crippen LogP contribution in [0.15, 0.2) is 0 Å². The molecular weight excluding hydrogens is 368 g/mol. The molecule has 1 saturated heterocycles. The van der Waals surface area contributed by atoms with Crippen molar-refractivity contribution in [1.29, 1.82) is 0 Å². The van der Waals surface area contributed by atoms with Crippen LogP contribution in [0.5, 0.6) is 0 Å². The number of epoxide rings is 1. The third kappa shape index (κ3) is 3.09. The lowest BCUT2D eigenvalue weighted by Crippen LogP contribution is -2.60. The van der Waals surface area contributed by atoms with E-state index in [0.717, 1.165) is 48.3 Å². The van der Waals surface area contributed by atoms with Crippen LogP contribution in [0.2, 0.25) is 0 Å². The molecule has 0 amide bonds. The molecule has 0 aromatic rings. The van der Waals surface area contributed by atoms with Gasteiger partial charge in [-0.3, -0.25) is 0 Å². The Morgan fingerprint density at radius 3 is 2.53 bits per heavy atom. The second kappa shape index (κ2) is 7.47. The van der Waals surface area contributed by atoms with E-state index in [-0.39, 0.29) is 11.7 Å². The fourth-order valence-corrected chi connectivity index (χ4v) is 9.88.